The summed E-state index contributed by atoms with van der Waals surface area (Å²) in [5.74, 6) is 0.993. The predicted octanol–water partition coefficient (Wildman–Crippen LogP) is 0.772. The molecule has 0 amide bonds. The number of rotatable bonds is 1. The fourth-order valence-corrected chi connectivity index (χ4v) is 0.963. The summed E-state index contributed by atoms with van der Waals surface area (Å²) in [5, 5.41) is 6.72. The topological polar surface area (TPSA) is 44.3 Å². The van der Waals surface area contributed by atoms with Crippen LogP contribution in [0.2, 0.25) is 0 Å². The summed E-state index contributed by atoms with van der Waals surface area (Å²) in [7, 11) is 0. The van der Waals surface area contributed by atoms with E-state index in [2.05, 4.69) is 15.2 Å². The van der Waals surface area contributed by atoms with Crippen molar-refractivity contribution in [1.29, 1.82) is 0 Å². The lowest BCUT2D eigenvalue weighted by Crippen LogP contribution is -2.20. The van der Waals surface area contributed by atoms with Gasteiger partial charge in [-0.3, -0.25) is 10.1 Å². The fraction of sp³-hybridized carbons (Fsp3) is 0.143. The zero-order valence-corrected chi connectivity index (χ0v) is 5.94. The Hall–Kier alpha value is -1.58. The Morgan fingerprint density at radius 3 is 3.18 bits per heavy atom. The van der Waals surface area contributed by atoms with Crippen LogP contribution >= 0.6 is 0 Å². The Balaban J connectivity index is 2.19. The van der Waals surface area contributed by atoms with Crippen LogP contribution in [0.5, 0.6) is 0 Å². The molecule has 0 saturated heterocycles. The van der Waals surface area contributed by atoms with Gasteiger partial charge in [-0.15, -0.1) is 0 Å². The van der Waals surface area contributed by atoms with Gasteiger partial charge in [0.1, 0.15) is 5.82 Å². The molecule has 1 aliphatic heterocycles. The average molecular weight is 148 g/mol. The molecule has 1 N–H and O–H groups in total. The Morgan fingerprint density at radius 1 is 1.55 bits per heavy atom. The minimum Gasteiger partial charge on any atom is -0.326 e. The van der Waals surface area contributed by atoms with Crippen molar-refractivity contribution in [3.8, 4) is 0 Å². The molecule has 0 aliphatic carbocycles. The van der Waals surface area contributed by atoms with E-state index in [1.807, 2.05) is 23.4 Å². The summed E-state index contributed by atoms with van der Waals surface area (Å²) in [6.45, 7) is 0.804. The molecule has 0 fully saturated rings. The monoisotopic (exact) mass is 148 g/mol. The molecule has 0 saturated carbocycles. The summed E-state index contributed by atoms with van der Waals surface area (Å²) in [4.78, 5) is 5.98. The molecule has 4 nitrogen and oxygen atoms in total. The Morgan fingerprint density at radius 2 is 2.55 bits per heavy atom. The smallest absolute Gasteiger partial charge is 0.128 e. The normalized spacial score (nSPS) is 15.8. The number of hydrogen-bond donors (Lipinski definition) is 1. The van der Waals surface area contributed by atoms with Gasteiger partial charge in [0.25, 0.3) is 0 Å². The van der Waals surface area contributed by atoms with Crippen molar-refractivity contribution in [1.82, 2.24) is 10.2 Å². The highest BCUT2D eigenvalue weighted by Crippen LogP contribution is 2.09. The number of aliphatic imine (C=N–C) groups is 1. The quantitative estimate of drug-likeness (QED) is 0.639. The van der Waals surface area contributed by atoms with Gasteiger partial charge in [0.05, 0.1) is 12.7 Å². The Labute approximate surface area is 64.2 Å². The second-order valence-corrected chi connectivity index (χ2v) is 2.22. The first-order valence-corrected chi connectivity index (χ1v) is 3.41. The average Bonchev–Trinajstić information content (AvgIpc) is 2.58. The highest BCUT2D eigenvalue weighted by atomic mass is 15.3. The van der Waals surface area contributed by atoms with E-state index in [0.717, 1.165) is 12.4 Å². The van der Waals surface area contributed by atoms with Gasteiger partial charge in [0, 0.05) is 24.7 Å². The van der Waals surface area contributed by atoms with Crippen LogP contribution in [0.25, 0.3) is 0 Å². The van der Waals surface area contributed by atoms with Gasteiger partial charge in [-0.2, -0.15) is 5.10 Å². The van der Waals surface area contributed by atoms with Crippen molar-refractivity contribution in [2.45, 2.75) is 0 Å². The van der Waals surface area contributed by atoms with Gasteiger partial charge in [-0.25, -0.2) is 0 Å². The number of nitrogens with one attached hydrogen (secondary N) is 1. The number of nitrogens with zero attached hydrogens (tertiary/aromatic N) is 3. The van der Waals surface area contributed by atoms with Crippen LogP contribution in [-0.4, -0.2) is 23.0 Å². The highest BCUT2D eigenvalue weighted by molar-refractivity contribution is 5.68. The van der Waals surface area contributed by atoms with Gasteiger partial charge in [0.15, 0.2) is 0 Å². The molecule has 0 spiro atoms. The maximum atomic E-state index is 3.96. The zero-order chi connectivity index (χ0) is 7.52. The van der Waals surface area contributed by atoms with Crippen molar-refractivity contribution in [2.75, 3.05) is 11.4 Å². The van der Waals surface area contributed by atoms with E-state index < -0.39 is 0 Å². The predicted molar refractivity (Wildman–Crippen MR) is 43.6 cm³/mol. The number of aromatic amines is 1. The SMILES string of the molecule is C1=CN(c2ccn[nH]2)CC=N1. The maximum absolute atomic E-state index is 3.96. The van der Waals surface area contributed by atoms with Crippen molar-refractivity contribution < 1.29 is 0 Å². The fourth-order valence-electron chi connectivity index (χ4n) is 0.963. The standard InChI is InChI=1S/C7H8N4/c1-2-9-10-7(1)11-5-3-8-4-6-11/h1-5H,6H2,(H,9,10). The van der Waals surface area contributed by atoms with E-state index in [1.165, 1.54) is 0 Å². The molecule has 0 unspecified atom stereocenters. The Kier molecular flexibility index (Phi) is 1.44. The first-order chi connectivity index (χ1) is 5.47. The Bertz CT molecular complexity index is 273. The highest BCUT2D eigenvalue weighted by Gasteiger charge is 2.03. The summed E-state index contributed by atoms with van der Waals surface area (Å²) < 4.78 is 0. The van der Waals surface area contributed by atoms with Crippen LogP contribution < -0.4 is 4.90 Å². The summed E-state index contributed by atoms with van der Waals surface area (Å²) >= 11 is 0. The molecule has 0 aromatic carbocycles. The van der Waals surface area contributed by atoms with Crippen molar-refractivity contribution in [3.05, 3.63) is 24.7 Å². The van der Waals surface area contributed by atoms with Crippen LogP contribution in [0.3, 0.4) is 0 Å². The van der Waals surface area contributed by atoms with E-state index >= 15 is 0 Å². The third kappa shape index (κ3) is 1.14. The van der Waals surface area contributed by atoms with Gasteiger partial charge >= 0.3 is 0 Å². The second kappa shape index (κ2) is 2.57. The lowest BCUT2D eigenvalue weighted by molar-refractivity contribution is 1.01. The zero-order valence-electron chi connectivity index (χ0n) is 5.94. The number of hydrogen-bond acceptors (Lipinski definition) is 3. The van der Waals surface area contributed by atoms with Crippen LogP contribution in [0, 0.1) is 0 Å². The molecule has 0 radical (unpaired) electrons. The van der Waals surface area contributed by atoms with Crippen molar-refractivity contribution >= 4 is 12.0 Å². The molecule has 4 heteroatoms. The largest absolute Gasteiger partial charge is 0.326 e. The third-order valence-electron chi connectivity index (χ3n) is 1.51. The molecule has 1 aromatic rings. The summed E-state index contributed by atoms with van der Waals surface area (Å²) in [6.07, 6.45) is 7.24. The van der Waals surface area contributed by atoms with Crippen LogP contribution in [-0.2, 0) is 0 Å². The van der Waals surface area contributed by atoms with E-state index in [1.54, 1.807) is 12.4 Å². The summed E-state index contributed by atoms with van der Waals surface area (Å²) in [5.41, 5.74) is 0. The molecule has 2 heterocycles. The van der Waals surface area contributed by atoms with Crippen LogP contribution in [0.15, 0.2) is 29.7 Å². The molecular formula is C7H8N4. The second-order valence-electron chi connectivity index (χ2n) is 2.22. The van der Waals surface area contributed by atoms with E-state index in [4.69, 9.17) is 0 Å². The molecule has 0 bridgehead atoms. The lowest BCUT2D eigenvalue weighted by atomic mass is 10.5. The molecule has 1 aromatic heterocycles. The van der Waals surface area contributed by atoms with Crippen LogP contribution in [0.1, 0.15) is 0 Å². The number of H-pyrrole nitrogens is 1. The van der Waals surface area contributed by atoms with Crippen molar-refractivity contribution in [2.24, 2.45) is 4.99 Å². The molecule has 11 heavy (non-hydrogen) atoms. The molecule has 2 rings (SSSR count). The van der Waals surface area contributed by atoms with Gasteiger partial charge < -0.3 is 4.90 Å². The molecule has 56 valence electrons. The number of aromatic nitrogens is 2. The van der Waals surface area contributed by atoms with E-state index in [0.29, 0.717) is 0 Å². The minimum absolute atomic E-state index is 0.804. The van der Waals surface area contributed by atoms with E-state index in [9.17, 15) is 0 Å². The molecule has 0 atom stereocenters. The van der Waals surface area contributed by atoms with E-state index in [-0.39, 0.29) is 0 Å². The first-order valence-electron chi connectivity index (χ1n) is 3.41. The van der Waals surface area contributed by atoms with Gasteiger partial charge in [-0.05, 0) is 0 Å². The minimum atomic E-state index is 0.804. The first kappa shape index (κ1) is 6.15. The van der Waals surface area contributed by atoms with Crippen molar-refractivity contribution in [3.63, 3.8) is 0 Å². The maximum Gasteiger partial charge on any atom is 0.128 e. The van der Waals surface area contributed by atoms with Crippen LogP contribution in [0.4, 0.5) is 5.82 Å². The van der Waals surface area contributed by atoms with Gasteiger partial charge in [-0.1, -0.05) is 0 Å². The lowest BCUT2D eigenvalue weighted by Gasteiger charge is -2.16. The number of anilines is 1. The third-order valence-corrected chi connectivity index (χ3v) is 1.51. The molecule has 1 aliphatic rings. The molecular weight excluding hydrogens is 140 g/mol. The van der Waals surface area contributed by atoms with Gasteiger partial charge in [0.2, 0.25) is 0 Å². The summed E-state index contributed by atoms with van der Waals surface area (Å²) in [6, 6.07) is 1.92.